The normalized spacial score (nSPS) is 18.9. The number of rotatable bonds is 2. The van der Waals surface area contributed by atoms with Crippen molar-refractivity contribution in [1.82, 2.24) is 9.88 Å². The van der Waals surface area contributed by atoms with Crippen molar-refractivity contribution in [2.24, 2.45) is 5.73 Å². The molecule has 1 saturated heterocycles. The van der Waals surface area contributed by atoms with Crippen LogP contribution in [0.25, 0.3) is 11.1 Å². The predicted molar refractivity (Wildman–Crippen MR) is 73.7 cm³/mol. The van der Waals surface area contributed by atoms with Gasteiger partial charge in [-0.3, -0.25) is 4.79 Å². The van der Waals surface area contributed by atoms with Crippen molar-refractivity contribution in [3.8, 4) is 0 Å². The Morgan fingerprint density at radius 3 is 2.95 bits per heavy atom. The molecule has 1 fully saturated rings. The number of hydrogen-bond donors (Lipinski definition) is 2. The van der Waals surface area contributed by atoms with Gasteiger partial charge in [0.05, 0.1) is 18.0 Å². The molecule has 2 aromatic heterocycles. The van der Waals surface area contributed by atoms with Crippen LogP contribution in [0.1, 0.15) is 12.2 Å². The number of hydrogen-bond acceptors (Lipinski definition) is 5. The van der Waals surface area contributed by atoms with Gasteiger partial charge in [0.25, 0.3) is 0 Å². The number of carbonyl (C=O) groups excluding carboxylic acids is 1. The second kappa shape index (κ2) is 5.07. The smallest absolute Gasteiger partial charge is 0.239 e. The molecule has 4 N–H and O–H groups in total. The van der Waals surface area contributed by atoms with E-state index < -0.39 is 0 Å². The summed E-state index contributed by atoms with van der Waals surface area (Å²) in [5, 5.41) is 0.781. The van der Waals surface area contributed by atoms with Crippen molar-refractivity contribution in [1.29, 1.82) is 0 Å². The summed E-state index contributed by atoms with van der Waals surface area (Å²) >= 11 is 0. The zero-order valence-corrected chi connectivity index (χ0v) is 11.0. The van der Waals surface area contributed by atoms with E-state index in [2.05, 4.69) is 4.98 Å². The number of anilines is 1. The number of nitrogens with two attached hydrogens (primary N) is 2. The molecule has 0 radical (unpaired) electrons. The fourth-order valence-corrected chi connectivity index (χ4v) is 2.20. The minimum absolute atomic E-state index is 0. The van der Waals surface area contributed by atoms with Gasteiger partial charge < -0.3 is 20.8 Å². The molecular weight excluding hydrogens is 268 g/mol. The Balaban J connectivity index is 0.00000133. The van der Waals surface area contributed by atoms with Crippen LogP contribution in [0.3, 0.4) is 0 Å². The number of fused-ring (bicyclic) bond motifs is 1. The number of carbonyl (C=O) groups is 1. The average molecular weight is 283 g/mol. The first-order chi connectivity index (χ1) is 8.65. The first-order valence-electron chi connectivity index (χ1n) is 5.82. The van der Waals surface area contributed by atoms with Crippen LogP contribution < -0.4 is 11.5 Å². The largest absolute Gasteiger partial charge is 0.441 e. The minimum atomic E-state index is -0.377. The van der Waals surface area contributed by atoms with E-state index in [1.807, 2.05) is 6.07 Å². The Bertz CT molecular complexity index is 613. The summed E-state index contributed by atoms with van der Waals surface area (Å²) < 4.78 is 5.57. The summed E-state index contributed by atoms with van der Waals surface area (Å²) in [7, 11) is 0. The van der Waals surface area contributed by atoms with Gasteiger partial charge >= 0.3 is 0 Å². The molecule has 0 saturated carbocycles. The summed E-state index contributed by atoms with van der Waals surface area (Å²) in [6, 6.07) is 3.17. The molecule has 2 aromatic rings. The van der Waals surface area contributed by atoms with E-state index in [0.717, 1.165) is 5.39 Å². The molecule has 1 amide bonds. The summed E-state index contributed by atoms with van der Waals surface area (Å²) in [4.78, 5) is 17.5. The van der Waals surface area contributed by atoms with E-state index in [0.29, 0.717) is 36.7 Å². The number of nitrogen functional groups attached to an aromatic ring is 1. The van der Waals surface area contributed by atoms with Gasteiger partial charge in [-0.2, -0.15) is 0 Å². The number of nitrogens with zero attached hydrogens (tertiary/aromatic N) is 2. The molecule has 1 atom stereocenters. The van der Waals surface area contributed by atoms with E-state index in [9.17, 15) is 4.79 Å². The molecule has 1 aliphatic heterocycles. The van der Waals surface area contributed by atoms with Gasteiger partial charge in [0.2, 0.25) is 11.6 Å². The lowest BCUT2D eigenvalue weighted by Crippen LogP contribution is -2.33. The molecule has 3 heterocycles. The summed E-state index contributed by atoms with van der Waals surface area (Å²) in [6.45, 7) is 1.09. The zero-order chi connectivity index (χ0) is 12.7. The molecule has 1 aliphatic rings. The SMILES string of the molecule is Cl.Nc1ccnc2oc(CN3CC[C@H](N)C3=O)cc12. The van der Waals surface area contributed by atoms with Crippen LogP contribution in [0, 0.1) is 0 Å². The molecule has 0 aliphatic carbocycles. The number of halogens is 1. The van der Waals surface area contributed by atoms with Crippen LogP contribution in [0.4, 0.5) is 5.69 Å². The van der Waals surface area contributed by atoms with Crippen molar-refractivity contribution < 1.29 is 9.21 Å². The maximum Gasteiger partial charge on any atom is 0.239 e. The highest BCUT2D eigenvalue weighted by Crippen LogP contribution is 2.24. The van der Waals surface area contributed by atoms with Crippen LogP contribution in [-0.4, -0.2) is 28.4 Å². The van der Waals surface area contributed by atoms with Crippen LogP contribution in [-0.2, 0) is 11.3 Å². The van der Waals surface area contributed by atoms with Gasteiger partial charge in [-0.25, -0.2) is 4.98 Å². The Kier molecular flexibility index (Phi) is 3.64. The van der Waals surface area contributed by atoms with Gasteiger partial charge in [0.1, 0.15) is 5.76 Å². The molecule has 6 nitrogen and oxygen atoms in total. The monoisotopic (exact) mass is 282 g/mol. The molecule has 0 aromatic carbocycles. The van der Waals surface area contributed by atoms with Crippen molar-refractivity contribution in [3.63, 3.8) is 0 Å². The molecule has 19 heavy (non-hydrogen) atoms. The van der Waals surface area contributed by atoms with E-state index in [1.54, 1.807) is 17.2 Å². The summed E-state index contributed by atoms with van der Waals surface area (Å²) in [5.41, 5.74) is 12.6. The van der Waals surface area contributed by atoms with Gasteiger partial charge in [0, 0.05) is 18.4 Å². The van der Waals surface area contributed by atoms with Gasteiger partial charge in [-0.15, -0.1) is 12.4 Å². The molecule has 3 rings (SSSR count). The first-order valence-corrected chi connectivity index (χ1v) is 5.82. The zero-order valence-electron chi connectivity index (χ0n) is 10.2. The van der Waals surface area contributed by atoms with Crippen LogP contribution >= 0.6 is 12.4 Å². The van der Waals surface area contributed by atoms with Crippen molar-refractivity contribution >= 4 is 35.1 Å². The number of furan rings is 1. The highest BCUT2D eigenvalue weighted by atomic mass is 35.5. The van der Waals surface area contributed by atoms with Crippen LogP contribution in [0.2, 0.25) is 0 Å². The van der Waals surface area contributed by atoms with Crippen LogP contribution in [0.15, 0.2) is 22.7 Å². The predicted octanol–water partition coefficient (Wildman–Crippen LogP) is 0.891. The first kappa shape index (κ1) is 13.6. The van der Waals surface area contributed by atoms with Crippen molar-refractivity contribution in [2.45, 2.75) is 19.0 Å². The number of amides is 1. The van der Waals surface area contributed by atoms with E-state index in [1.165, 1.54) is 0 Å². The Labute approximate surface area is 116 Å². The molecule has 0 spiro atoms. The van der Waals surface area contributed by atoms with Crippen LogP contribution in [0.5, 0.6) is 0 Å². The van der Waals surface area contributed by atoms with E-state index in [-0.39, 0.29) is 24.4 Å². The molecule has 7 heteroatoms. The van der Waals surface area contributed by atoms with Gasteiger partial charge in [-0.1, -0.05) is 0 Å². The lowest BCUT2D eigenvalue weighted by Gasteiger charge is -2.13. The topological polar surface area (TPSA) is 98.4 Å². The molecule has 102 valence electrons. The molecular formula is C12H15ClN4O2. The summed E-state index contributed by atoms with van der Waals surface area (Å²) in [5.74, 6) is 0.647. The average Bonchev–Trinajstić information content (AvgIpc) is 2.89. The molecule has 0 bridgehead atoms. The lowest BCUT2D eigenvalue weighted by atomic mass is 10.3. The minimum Gasteiger partial charge on any atom is -0.441 e. The van der Waals surface area contributed by atoms with Gasteiger partial charge in [-0.05, 0) is 18.6 Å². The third-order valence-corrected chi connectivity index (χ3v) is 3.21. The van der Waals surface area contributed by atoms with E-state index >= 15 is 0 Å². The van der Waals surface area contributed by atoms with Crippen molar-refractivity contribution in [3.05, 3.63) is 24.1 Å². The standard InChI is InChI=1S/C12H14N4O2.ClH/c13-9-1-3-15-11-8(9)5-7(18-11)6-16-4-2-10(14)12(16)17;/h1,3,5,10H,2,4,6,14H2,(H2,13,15);1H/t10-;/m0./s1. The third-order valence-electron chi connectivity index (χ3n) is 3.21. The maximum absolute atomic E-state index is 11.7. The number of likely N-dealkylation sites (tertiary alicyclic amines) is 1. The fourth-order valence-electron chi connectivity index (χ4n) is 2.20. The Morgan fingerprint density at radius 2 is 2.32 bits per heavy atom. The fraction of sp³-hybridized carbons (Fsp3) is 0.333. The number of aromatic nitrogens is 1. The molecule has 0 unspecified atom stereocenters. The Hall–Kier alpha value is -1.79. The number of pyridine rings is 1. The van der Waals surface area contributed by atoms with Crippen molar-refractivity contribution in [2.75, 3.05) is 12.3 Å². The highest BCUT2D eigenvalue weighted by Gasteiger charge is 2.29. The lowest BCUT2D eigenvalue weighted by molar-refractivity contribution is -0.129. The van der Waals surface area contributed by atoms with E-state index in [4.69, 9.17) is 15.9 Å². The maximum atomic E-state index is 11.7. The Morgan fingerprint density at radius 1 is 1.53 bits per heavy atom. The summed E-state index contributed by atoms with van der Waals surface area (Å²) in [6.07, 6.45) is 2.29. The second-order valence-electron chi connectivity index (χ2n) is 4.49. The third kappa shape index (κ3) is 2.36. The quantitative estimate of drug-likeness (QED) is 0.852. The van der Waals surface area contributed by atoms with Gasteiger partial charge in [0.15, 0.2) is 0 Å². The second-order valence-corrected chi connectivity index (χ2v) is 4.49. The highest BCUT2D eigenvalue weighted by molar-refractivity contribution is 5.87.